The van der Waals surface area contributed by atoms with Gasteiger partial charge in [0, 0.05) is 16.7 Å². The van der Waals surface area contributed by atoms with Gasteiger partial charge in [0.2, 0.25) is 0 Å². The van der Waals surface area contributed by atoms with Gasteiger partial charge in [-0.2, -0.15) is 0 Å². The number of amides is 1. The van der Waals surface area contributed by atoms with Crippen molar-refractivity contribution in [1.82, 2.24) is 0 Å². The van der Waals surface area contributed by atoms with Crippen molar-refractivity contribution in [2.24, 2.45) is 0 Å². The second-order valence-electron chi connectivity index (χ2n) is 7.60. The van der Waals surface area contributed by atoms with Gasteiger partial charge in [-0.25, -0.2) is 4.39 Å². The fourth-order valence-corrected chi connectivity index (χ4v) is 4.13. The molecule has 0 aromatic heterocycles. The molecule has 1 saturated carbocycles. The number of fused-ring (bicyclic) bond motifs is 1. The van der Waals surface area contributed by atoms with Crippen LogP contribution in [0.2, 0.25) is 0 Å². The summed E-state index contributed by atoms with van der Waals surface area (Å²) in [6.07, 6.45) is 3.82. The summed E-state index contributed by atoms with van der Waals surface area (Å²) in [6, 6.07) is 19.7. The van der Waals surface area contributed by atoms with Crippen LogP contribution in [0.15, 0.2) is 67.2 Å². The Kier molecular flexibility index (Phi) is 3.90. The highest BCUT2D eigenvalue weighted by Gasteiger charge is 2.25. The number of anilines is 1. The molecule has 3 aromatic carbocycles. The van der Waals surface area contributed by atoms with Gasteiger partial charge < -0.3 is 5.32 Å². The van der Waals surface area contributed by atoms with Crippen molar-refractivity contribution in [2.75, 3.05) is 5.32 Å². The maximum absolute atomic E-state index is 14.7. The van der Waals surface area contributed by atoms with Gasteiger partial charge in [0.05, 0.1) is 5.69 Å². The third-order valence-electron chi connectivity index (χ3n) is 5.97. The molecule has 28 heavy (non-hydrogen) atoms. The number of halogens is 1. The lowest BCUT2D eigenvalue weighted by Crippen LogP contribution is -2.09. The Hall–Kier alpha value is -3.20. The highest BCUT2D eigenvalue weighted by atomic mass is 19.1. The zero-order valence-corrected chi connectivity index (χ0v) is 15.5. The number of nitrogens with one attached hydrogen (secondary N) is 1. The lowest BCUT2D eigenvalue weighted by molar-refractivity contribution is -0.110. The Labute approximate surface area is 163 Å². The summed E-state index contributed by atoms with van der Waals surface area (Å²) in [4.78, 5) is 11.8. The van der Waals surface area contributed by atoms with Crippen LogP contribution in [-0.2, 0) is 4.79 Å². The summed E-state index contributed by atoms with van der Waals surface area (Å²) >= 11 is 0. The van der Waals surface area contributed by atoms with E-state index in [9.17, 15) is 9.18 Å². The number of carbonyl (C=O) groups excluding carboxylic acids is 1. The fraction of sp³-hybridized carbons (Fsp3) is 0.160. The van der Waals surface area contributed by atoms with Crippen LogP contribution in [0.3, 0.4) is 0 Å². The van der Waals surface area contributed by atoms with E-state index in [2.05, 4.69) is 48.3 Å². The number of rotatable bonds is 3. The topological polar surface area (TPSA) is 29.1 Å². The van der Waals surface area contributed by atoms with Gasteiger partial charge >= 0.3 is 0 Å². The highest BCUT2D eigenvalue weighted by Crippen LogP contribution is 2.42. The van der Waals surface area contributed by atoms with Gasteiger partial charge in [0.25, 0.3) is 5.91 Å². The third-order valence-corrected chi connectivity index (χ3v) is 5.97. The van der Waals surface area contributed by atoms with Crippen LogP contribution < -0.4 is 5.32 Å². The van der Waals surface area contributed by atoms with Crippen molar-refractivity contribution >= 4 is 17.2 Å². The van der Waals surface area contributed by atoms with Crippen LogP contribution in [0, 0.1) is 5.82 Å². The SMILES string of the molecule is C=C1C(=O)Nc2cc(F)c(-c3ccc(-c4ccccc4C4CCC4)cc3)cc21. The number of hydrogen-bond acceptors (Lipinski definition) is 1. The molecule has 0 radical (unpaired) electrons. The third kappa shape index (κ3) is 2.66. The fourth-order valence-electron chi connectivity index (χ4n) is 4.13. The van der Waals surface area contributed by atoms with E-state index >= 15 is 0 Å². The molecule has 1 aliphatic carbocycles. The minimum Gasteiger partial charge on any atom is -0.321 e. The molecule has 0 saturated heterocycles. The monoisotopic (exact) mass is 369 g/mol. The van der Waals surface area contributed by atoms with Crippen LogP contribution in [0.25, 0.3) is 27.8 Å². The van der Waals surface area contributed by atoms with E-state index in [1.54, 1.807) is 6.07 Å². The summed E-state index contributed by atoms with van der Waals surface area (Å²) in [5, 5.41) is 2.65. The molecule has 1 aliphatic heterocycles. The number of carbonyl (C=O) groups is 1. The van der Waals surface area contributed by atoms with E-state index in [0.29, 0.717) is 28.3 Å². The van der Waals surface area contributed by atoms with E-state index in [4.69, 9.17) is 0 Å². The van der Waals surface area contributed by atoms with Gasteiger partial charge in [0.15, 0.2) is 0 Å². The van der Waals surface area contributed by atoms with Crippen molar-refractivity contribution < 1.29 is 9.18 Å². The number of hydrogen-bond donors (Lipinski definition) is 1. The van der Waals surface area contributed by atoms with Gasteiger partial charge in [-0.15, -0.1) is 0 Å². The zero-order chi connectivity index (χ0) is 19.3. The zero-order valence-electron chi connectivity index (χ0n) is 15.5. The average molecular weight is 369 g/mol. The van der Waals surface area contributed by atoms with Crippen LogP contribution in [0.5, 0.6) is 0 Å². The molecule has 0 unspecified atom stereocenters. The molecule has 2 aliphatic rings. The van der Waals surface area contributed by atoms with Crippen LogP contribution in [0.4, 0.5) is 10.1 Å². The molecule has 1 fully saturated rings. The molecule has 0 bridgehead atoms. The molecule has 0 spiro atoms. The first-order valence-corrected chi connectivity index (χ1v) is 9.66. The smallest absolute Gasteiger partial charge is 0.255 e. The summed E-state index contributed by atoms with van der Waals surface area (Å²) in [7, 11) is 0. The first-order valence-electron chi connectivity index (χ1n) is 9.66. The second kappa shape index (κ2) is 6.45. The van der Waals surface area contributed by atoms with Gasteiger partial charge in [-0.1, -0.05) is 61.5 Å². The molecule has 2 nitrogen and oxygen atoms in total. The normalized spacial score (nSPS) is 15.9. The molecular weight excluding hydrogens is 349 g/mol. The Morgan fingerprint density at radius 3 is 2.25 bits per heavy atom. The second-order valence-corrected chi connectivity index (χ2v) is 7.60. The predicted octanol–water partition coefficient (Wildman–Crippen LogP) is 6.39. The van der Waals surface area contributed by atoms with Crippen LogP contribution in [0.1, 0.15) is 36.3 Å². The highest BCUT2D eigenvalue weighted by molar-refractivity contribution is 6.31. The molecule has 1 heterocycles. The van der Waals surface area contributed by atoms with Crippen molar-refractivity contribution in [1.29, 1.82) is 0 Å². The number of benzene rings is 3. The van der Waals surface area contributed by atoms with Crippen molar-refractivity contribution in [2.45, 2.75) is 25.2 Å². The van der Waals surface area contributed by atoms with Crippen LogP contribution in [-0.4, -0.2) is 5.91 Å². The van der Waals surface area contributed by atoms with Gasteiger partial charge in [0.1, 0.15) is 5.82 Å². The molecule has 3 heteroatoms. The van der Waals surface area contributed by atoms with E-state index in [-0.39, 0.29) is 11.7 Å². The molecule has 5 rings (SSSR count). The first-order chi connectivity index (χ1) is 13.6. The Bertz CT molecular complexity index is 1110. The van der Waals surface area contributed by atoms with E-state index < -0.39 is 0 Å². The minimum atomic E-state index is -0.351. The molecule has 3 aromatic rings. The van der Waals surface area contributed by atoms with E-state index in [1.807, 2.05) is 12.1 Å². The van der Waals surface area contributed by atoms with Crippen molar-refractivity contribution in [3.05, 3.63) is 84.2 Å². The van der Waals surface area contributed by atoms with Crippen molar-refractivity contribution in [3.8, 4) is 22.3 Å². The largest absolute Gasteiger partial charge is 0.321 e. The summed E-state index contributed by atoms with van der Waals surface area (Å²) < 4.78 is 14.7. The minimum absolute atomic E-state index is 0.269. The predicted molar refractivity (Wildman–Crippen MR) is 112 cm³/mol. The standard InChI is InChI=1S/C25H20FNO/c1-15-21-13-22(23(26)14-24(21)27-25(15)28)18-11-9-17(10-12-18)20-8-3-2-7-19(20)16-5-4-6-16/h2-3,7-14,16H,1,4-6H2,(H,27,28). The summed E-state index contributed by atoms with van der Waals surface area (Å²) in [5.74, 6) is 0.0342. The van der Waals surface area contributed by atoms with E-state index in [1.165, 1.54) is 36.5 Å². The quantitative estimate of drug-likeness (QED) is 0.532. The van der Waals surface area contributed by atoms with Gasteiger partial charge in [-0.05, 0) is 53.1 Å². The maximum Gasteiger partial charge on any atom is 0.255 e. The lowest BCUT2D eigenvalue weighted by Gasteiger charge is -2.28. The Balaban J connectivity index is 1.52. The first kappa shape index (κ1) is 16.9. The average Bonchev–Trinajstić information content (AvgIpc) is 2.94. The Morgan fingerprint density at radius 2 is 1.57 bits per heavy atom. The van der Waals surface area contributed by atoms with Crippen LogP contribution >= 0.6 is 0 Å². The molecule has 0 atom stereocenters. The Morgan fingerprint density at radius 1 is 0.893 bits per heavy atom. The molecule has 138 valence electrons. The van der Waals surface area contributed by atoms with E-state index in [0.717, 1.165) is 11.1 Å². The lowest BCUT2D eigenvalue weighted by atomic mass is 9.77. The summed E-state index contributed by atoms with van der Waals surface area (Å²) in [6.45, 7) is 3.80. The molecular formula is C25H20FNO. The molecule has 1 amide bonds. The maximum atomic E-state index is 14.7. The van der Waals surface area contributed by atoms with Crippen molar-refractivity contribution in [3.63, 3.8) is 0 Å². The summed E-state index contributed by atoms with van der Waals surface area (Å²) in [5.41, 5.74) is 6.62. The van der Waals surface area contributed by atoms with Gasteiger partial charge in [-0.3, -0.25) is 4.79 Å². The molecule has 1 N–H and O–H groups in total.